The number of anilines is 2. The number of aromatic carboxylic acids is 1. The summed E-state index contributed by atoms with van der Waals surface area (Å²) < 4.78 is 0. The molecule has 0 aliphatic carbocycles. The van der Waals surface area contributed by atoms with E-state index < -0.39 is 5.97 Å². The lowest BCUT2D eigenvalue weighted by molar-refractivity contribution is 0.0695. The number of carboxylic acids is 1. The summed E-state index contributed by atoms with van der Waals surface area (Å²) in [6.45, 7) is 5.87. The quantitative estimate of drug-likeness (QED) is 0.857. The summed E-state index contributed by atoms with van der Waals surface area (Å²) in [6, 6.07) is 15.5. The fourth-order valence-electron chi connectivity index (χ4n) is 3.49. The summed E-state index contributed by atoms with van der Waals surface area (Å²) in [5.74, 6) is -0.869. The van der Waals surface area contributed by atoms with Gasteiger partial charge in [0.05, 0.1) is 22.5 Å². The van der Waals surface area contributed by atoms with Crippen LogP contribution in [-0.2, 0) is 6.54 Å². The Bertz CT molecular complexity index is 738. The molecule has 24 heavy (non-hydrogen) atoms. The van der Waals surface area contributed by atoms with Gasteiger partial charge in [-0.1, -0.05) is 44.2 Å². The first-order valence-electron chi connectivity index (χ1n) is 8.52. The second kappa shape index (κ2) is 6.56. The predicted molar refractivity (Wildman–Crippen MR) is 97.8 cm³/mol. The molecule has 0 unspecified atom stereocenters. The van der Waals surface area contributed by atoms with E-state index >= 15 is 0 Å². The van der Waals surface area contributed by atoms with Crippen LogP contribution in [0.25, 0.3) is 0 Å². The molecular weight excluding hydrogens is 300 g/mol. The Morgan fingerprint density at radius 2 is 1.79 bits per heavy atom. The Hall–Kier alpha value is -2.49. The first-order valence-corrected chi connectivity index (χ1v) is 8.52. The van der Waals surface area contributed by atoms with Crippen molar-refractivity contribution in [3.05, 3.63) is 59.7 Å². The van der Waals surface area contributed by atoms with Gasteiger partial charge in [0.1, 0.15) is 0 Å². The van der Waals surface area contributed by atoms with Crippen LogP contribution in [0.5, 0.6) is 0 Å². The Kier molecular flexibility index (Phi) is 4.47. The molecule has 2 aromatic carbocycles. The maximum absolute atomic E-state index is 11.5. The molecule has 1 heterocycles. The summed E-state index contributed by atoms with van der Waals surface area (Å²) in [5.41, 5.74) is 3.51. The van der Waals surface area contributed by atoms with Crippen LogP contribution in [-0.4, -0.2) is 23.2 Å². The summed E-state index contributed by atoms with van der Waals surface area (Å²) in [4.78, 5) is 13.8. The molecule has 0 radical (unpaired) electrons. The lowest BCUT2D eigenvalue weighted by Crippen LogP contribution is -2.51. The second-order valence-corrected chi connectivity index (χ2v) is 6.45. The lowest BCUT2D eigenvalue weighted by Gasteiger charge is -2.45. The van der Waals surface area contributed by atoms with Gasteiger partial charge in [0.2, 0.25) is 0 Å². The van der Waals surface area contributed by atoms with Crippen molar-refractivity contribution in [2.45, 2.75) is 38.8 Å². The Morgan fingerprint density at radius 3 is 2.50 bits per heavy atom. The molecule has 0 fully saturated rings. The molecule has 0 spiro atoms. The highest BCUT2D eigenvalue weighted by Crippen LogP contribution is 2.38. The van der Waals surface area contributed by atoms with E-state index in [1.165, 1.54) is 0 Å². The van der Waals surface area contributed by atoms with Crippen molar-refractivity contribution in [1.29, 1.82) is 0 Å². The zero-order chi connectivity index (χ0) is 17.2. The van der Waals surface area contributed by atoms with Crippen LogP contribution in [0.15, 0.2) is 48.5 Å². The van der Waals surface area contributed by atoms with Crippen molar-refractivity contribution < 1.29 is 9.90 Å². The topological polar surface area (TPSA) is 52.6 Å². The molecule has 2 aromatic rings. The fourth-order valence-corrected chi connectivity index (χ4v) is 3.49. The number of carbonyl (C=O) groups is 1. The summed E-state index contributed by atoms with van der Waals surface area (Å²) in [6.07, 6.45) is 2.05. The van der Waals surface area contributed by atoms with Crippen LogP contribution in [0.4, 0.5) is 11.4 Å². The maximum atomic E-state index is 11.5. The normalized spacial score (nSPS) is 15.5. The number of nitrogens with zero attached hydrogens (tertiary/aromatic N) is 1. The van der Waals surface area contributed by atoms with E-state index in [-0.39, 0.29) is 5.54 Å². The molecule has 0 saturated heterocycles. The van der Waals surface area contributed by atoms with Crippen LogP contribution in [0, 0.1) is 0 Å². The third kappa shape index (κ3) is 2.96. The number of hydrogen-bond donors (Lipinski definition) is 2. The van der Waals surface area contributed by atoms with Gasteiger partial charge in [-0.3, -0.25) is 0 Å². The van der Waals surface area contributed by atoms with E-state index in [1.807, 2.05) is 24.3 Å². The number of hydrogen-bond acceptors (Lipinski definition) is 3. The van der Waals surface area contributed by atoms with Crippen LogP contribution in [0.3, 0.4) is 0 Å². The van der Waals surface area contributed by atoms with Crippen molar-refractivity contribution in [2.24, 2.45) is 0 Å². The van der Waals surface area contributed by atoms with Gasteiger partial charge < -0.3 is 15.3 Å². The summed E-state index contributed by atoms with van der Waals surface area (Å²) in [5, 5.41) is 13.2. The first kappa shape index (κ1) is 16.4. The monoisotopic (exact) mass is 324 g/mol. The van der Waals surface area contributed by atoms with Gasteiger partial charge in [0.15, 0.2) is 0 Å². The van der Waals surface area contributed by atoms with Crippen molar-refractivity contribution in [2.75, 3.05) is 16.8 Å². The van der Waals surface area contributed by atoms with E-state index in [2.05, 4.69) is 36.2 Å². The third-order valence-corrected chi connectivity index (χ3v) is 5.10. The average Bonchev–Trinajstić information content (AvgIpc) is 2.61. The zero-order valence-corrected chi connectivity index (χ0v) is 14.2. The van der Waals surface area contributed by atoms with E-state index in [0.717, 1.165) is 36.3 Å². The summed E-state index contributed by atoms with van der Waals surface area (Å²) >= 11 is 0. The van der Waals surface area contributed by atoms with Crippen LogP contribution in [0.2, 0.25) is 0 Å². The molecule has 1 aliphatic heterocycles. The predicted octanol–water partition coefficient (Wildman–Crippen LogP) is 4.38. The smallest absolute Gasteiger partial charge is 0.336 e. The number of fused-ring (bicyclic) bond motifs is 1. The highest BCUT2D eigenvalue weighted by molar-refractivity contribution is 5.89. The average molecular weight is 324 g/mol. The minimum absolute atomic E-state index is 0.0204. The van der Waals surface area contributed by atoms with Gasteiger partial charge in [-0.25, -0.2) is 4.79 Å². The molecule has 0 atom stereocenters. The Morgan fingerprint density at radius 1 is 1.12 bits per heavy atom. The number of benzene rings is 2. The largest absolute Gasteiger partial charge is 0.478 e. The van der Waals surface area contributed by atoms with Gasteiger partial charge in [0.25, 0.3) is 0 Å². The Labute approximate surface area is 143 Å². The first-order chi connectivity index (χ1) is 11.6. The number of rotatable bonds is 5. The van der Waals surface area contributed by atoms with E-state index in [1.54, 1.807) is 12.1 Å². The fraction of sp³-hybridized carbons (Fsp3) is 0.350. The van der Waals surface area contributed by atoms with Crippen molar-refractivity contribution in [3.63, 3.8) is 0 Å². The van der Waals surface area contributed by atoms with Crippen molar-refractivity contribution in [1.82, 2.24) is 0 Å². The lowest BCUT2D eigenvalue weighted by atomic mass is 9.88. The standard InChI is InChI=1S/C20H24N2O2/c1-3-20(4-2)14-22(18-12-8-7-11-17(18)21-20)13-15-9-5-6-10-16(15)19(23)24/h5-12,21H,3-4,13-14H2,1-2H3,(H,23,24). The molecule has 4 nitrogen and oxygen atoms in total. The van der Waals surface area contributed by atoms with Crippen molar-refractivity contribution in [3.8, 4) is 0 Å². The number of nitrogens with one attached hydrogen (secondary N) is 1. The highest BCUT2D eigenvalue weighted by Gasteiger charge is 2.34. The summed E-state index contributed by atoms with van der Waals surface area (Å²) in [7, 11) is 0. The molecule has 3 rings (SSSR count). The third-order valence-electron chi connectivity index (χ3n) is 5.10. The Balaban J connectivity index is 1.99. The van der Waals surface area contributed by atoms with Crippen molar-refractivity contribution >= 4 is 17.3 Å². The van der Waals surface area contributed by atoms with Gasteiger partial charge in [-0.15, -0.1) is 0 Å². The van der Waals surface area contributed by atoms with E-state index in [0.29, 0.717) is 12.1 Å². The van der Waals surface area contributed by atoms with Crippen LogP contribution >= 0.6 is 0 Å². The van der Waals surface area contributed by atoms with E-state index in [9.17, 15) is 9.90 Å². The van der Waals surface area contributed by atoms with Gasteiger partial charge in [0, 0.05) is 13.1 Å². The molecule has 2 N–H and O–H groups in total. The minimum Gasteiger partial charge on any atom is -0.478 e. The molecule has 1 aliphatic rings. The maximum Gasteiger partial charge on any atom is 0.336 e. The molecule has 4 heteroatoms. The molecular formula is C20H24N2O2. The zero-order valence-electron chi connectivity index (χ0n) is 14.2. The molecule has 0 saturated carbocycles. The van der Waals surface area contributed by atoms with Crippen LogP contribution in [0.1, 0.15) is 42.6 Å². The number of para-hydroxylation sites is 2. The second-order valence-electron chi connectivity index (χ2n) is 6.45. The van der Waals surface area contributed by atoms with Gasteiger partial charge in [-0.2, -0.15) is 0 Å². The van der Waals surface area contributed by atoms with E-state index in [4.69, 9.17) is 0 Å². The van der Waals surface area contributed by atoms with Gasteiger partial charge in [-0.05, 0) is 36.6 Å². The van der Waals surface area contributed by atoms with Crippen LogP contribution < -0.4 is 10.2 Å². The molecule has 0 bridgehead atoms. The minimum atomic E-state index is -0.869. The van der Waals surface area contributed by atoms with Gasteiger partial charge >= 0.3 is 5.97 Å². The molecule has 0 amide bonds. The SMILES string of the molecule is CCC1(CC)CN(Cc2ccccc2C(=O)O)c2ccccc2N1. The number of carboxylic acid groups (broad SMARTS) is 1. The molecule has 0 aromatic heterocycles. The highest BCUT2D eigenvalue weighted by atomic mass is 16.4. The molecule has 126 valence electrons.